The maximum Gasteiger partial charge on any atom is 0.116 e. The highest BCUT2D eigenvalue weighted by Crippen LogP contribution is 2.21. The van der Waals surface area contributed by atoms with Gasteiger partial charge in [0.25, 0.3) is 0 Å². The maximum absolute atomic E-state index is 9.38. The molecule has 0 unspecified atom stereocenters. The molecule has 1 rings (SSSR count). The van der Waals surface area contributed by atoms with Crippen molar-refractivity contribution in [1.29, 1.82) is 0 Å². The maximum atomic E-state index is 9.38. The van der Waals surface area contributed by atoms with E-state index in [9.17, 15) is 5.11 Å². The van der Waals surface area contributed by atoms with Gasteiger partial charge in [0.15, 0.2) is 0 Å². The van der Waals surface area contributed by atoms with Crippen LogP contribution in [0.25, 0.3) is 0 Å². The number of rotatable bonds is 2. The van der Waals surface area contributed by atoms with Crippen molar-refractivity contribution in [3.63, 3.8) is 0 Å². The number of aryl methyl sites for hydroxylation is 2. The van der Waals surface area contributed by atoms with Crippen LogP contribution in [0.4, 0.5) is 0 Å². The van der Waals surface area contributed by atoms with E-state index in [-0.39, 0.29) is 0 Å². The molecule has 1 N–H and O–H groups in total. The third-order valence-corrected chi connectivity index (χ3v) is 2.37. The molecule has 12 heavy (non-hydrogen) atoms. The third kappa shape index (κ3) is 1.60. The molecule has 0 saturated carbocycles. The topological polar surface area (TPSA) is 20.2 Å². The van der Waals surface area contributed by atoms with Crippen LogP contribution in [0.15, 0.2) is 12.1 Å². The summed E-state index contributed by atoms with van der Waals surface area (Å²) in [5.74, 6) is 0.398. The van der Waals surface area contributed by atoms with Crippen LogP contribution in [0.3, 0.4) is 0 Å². The highest BCUT2D eigenvalue weighted by molar-refractivity contribution is 5.40. The van der Waals surface area contributed by atoms with Gasteiger partial charge in [-0.05, 0) is 48.6 Å². The number of phenolic OH excluding ortho intramolecular Hbond substituents is 1. The van der Waals surface area contributed by atoms with Crippen molar-refractivity contribution in [3.05, 3.63) is 28.8 Å². The Labute approximate surface area is 74.1 Å². The highest BCUT2D eigenvalue weighted by Gasteiger charge is 2.03. The van der Waals surface area contributed by atoms with Crippen LogP contribution >= 0.6 is 0 Å². The number of hydrogen-bond acceptors (Lipinski definition) is 1. The average molecular weight is 164 g/mol. The van der Waals surface area contributed by atoms with Gasteiger partial charge in [0.1, 0.15) is 5.75 Å². The minimum Gasteiger partial charge on any atom is -0.508 e. The second-order valence-electron chi connectivity index (χ2n) is 3.10. The first-order valence-electron chi connectivity index (χ1n) is 4.50. The molecule has 0 bridgehead atoms. The first kappa shape index (κ1) is 9.11. The second-order valence-corrected chi connectivity index (χ2v) is 3.10. The molecular formula is C11H16O. The SMILES string of the molecule is CCc1cc(O)cc(CC)c1C. The summed E-state index contributed by atoms with van der Waals surface area (Å²) in [6, 6.07) is 3.71. The fraction of sp³-hybridized carbons (Fsp3) is 0.455. The van der Waals surface area contributed by atoms with E-state index >= 15 is 0 Å². The van der Waals surface area contributed by atoms with E-state index in [2.05, 4.69) is 20.8 Å². The van der Waals surface area contributed by atoms with Gasteiger partial charge in [0.05, 0.1) is 0 Å². The Bertz CT molecular complexity index is 251. The second kappa shape index (κ2) is 3.61. The minimum absolute atomic E-state index is 0.398. The summed E-state index contributed by atoms with van der Waals surface area (Å²) >= 11 is 0. The average Bonchev–Trinajstić information content (AvgIpc) is 2.08. The fourth-order valence-corrected chi connectivity index (χ4v) is 1.56. The molecule has 1 aromatic rings. The molecule has 0 radical (unpaired) electrons. The van der Waals surface area contributed by atoms with Crippen LogP contribution in [0.1, 0.15) is 30.5 Å². The molecule has 0 atom stereocenters. The summed E-state index contributed by atoms with van der Waals surface area (Å²) < 4.78 is 0. The number of aromatic hydroxyl groups is 1. The predicted octanol–water partition coefficient (Wildman–Crippen LogP) is 2.83. The highest BCUT2D eigenvalue weighted by atomic mass is 16.3. The van der Waals surface area contributed by atoms with E-state index in [0.717, 1.165) is 12.8 Å². The standard InChI is InChI=1S/C11H16O/c1-4-9-6-11(12)7-10(5-2)8(9)3/h6-7,12H,4-5H2,1-3H3. The van der Waals surface area contributed by atoms with Crippen molar-refractivity contribution in [2.24, 2.45) is 0 Å². The Kier molecular flexibility index (Phi) is 2.74. The van der Waals surface area contributed by atoms with Crippen molar-refractivity contribution >= 4 is 0 Å². The Morgan fingerprint density at radius 2 is 1.50 bits per heavy atom. The summed E-state index contributed by atoms with van der Waals surface area (Å²) in [4.78, 5) is 0. The van der Waals surface area contributed by atoms with Crippen LogP contribution in [0.5, 0.6) is 5.75 Å². The molecule has 0 aliphatic rings. The summed E-state index contributed by atoms with van der Waals surface area (Å²) in [5.41, 5.74) is 3.84. The first-order chi connectivity index (χ1) is 5.69. The summed E-state index contributed by atoms with van der Waals surface area (Å²) in [5, 5.41) is 9.38. The van der Waals surface area contributed by atoms with E-state index in [1.807, 2.05) is 12.1 Å². The molecule has 0 heterocycles. The van der Waals surface area contributed by atoms with Crippen LogP contribution in [0, 0.1) is 6.92 Å². The molecule has 0 aliphatic carbocycles. The normalized spacial score (nSPS) is 10.2. The molecular weight excluding hydrogens is 148 g/mol. The molecule has 66 valence electrons. The smallest absolute Gasteiger partial charge is 0.116 e. The van der Waals surface area contributed by atoms with Crippen molar-refractivity contribution < 1.29 is 5.11 Å². The van der Waals surface area contributed by atoms with Gasteiger partial charge < -0.3 is 5.11 Å². The molecule has 1 nitrogen and oxygen atoms in total. The zero-order chi connectivity index (χ0) is 9.14. The lowest BCUT2D eigenvalue weighted by molar-refractivity contribution is 0.473. The third-order valence-electron chi connectivity index (χ3n) is 2.37. The van der Waals surface area contributed by atoms with E-state index in [1.165, 1.54) is 16.7 Å². The number of benzene rings is 1. The predicted molar refractivity (Wildman–Crippen MR) is 51.6 cm³/mol. The Morgan fingerprint density at radius 3 is 1.83 bits per heavy atom. The van der Waals surface area contributed by atoms with Gasteiger partial charge in [-0.3, -0.25) is 0 Å². The van der Waals surface area contributed by atoms with Crippen LogP contribution < -0.4 is 0 Å². The van der Waals surface area contributed by atoms with Crippen molar-refractivity contribution in [3.8, 4) is 5.75 Å². The van der Waals surface area contributed by atoms with Gasteiger partial charge in [-0.15, -0.1) is 0 Å². The lowest BCUT2D eigenvalue weighted by Gasteiger charge is -2.09. The quantitative estimate of drug-likeness (QED) is 0.712. The van der Waals surface area contributed by atoms with Crippen LogP contribution in [-0.2, 0) is 12.8 Å². The zero-order valence-corrected chi connectivity index (χ0v) is 8.02. The van der Waals surface area contributed by atoms with Gasteiger partial charge in [-0.25, -0.2) is 0 Å². The van der Waals surface area contributed by atoms with E-state index in [1.54, 1.807) is 0 Å². The Hall–Kier alpha value is -0.980. The Morgan fingerprint density at radius 1 is 1.08 bits per heavy atom. The fourth-order valence-electron chi connectivity index (χ4n) is 1.56. The van der Waals surface area contributed by atoms with E-state index in [4.69, 9.17) is 0 Å². The van der Waals surface area contributed by atoms with Crippen molar-refractivity contribution in [2.75, 3.05) is 0 Å². The van der Waals surface area contributed by atoms with Crippen LogP contribution in [0.2, 0.25) is 0 Å². The Balaban J connectivity index is 3.22. The molecule has 0 saturated heterocycles. The van der Waals surface area contributed by atoms with Crippen molar-refractivity contribution in [2.45, 2.75) is 33.6 Å². The molecule has 0 fully saturated rings. The van der Waals surface area contributed by atoms with Gasteiger partial charge in [0.2, 0.25) is 0 Å². The minimum atomic E-state index is 0.398. The molecule has 1 heteroatoms. The molecule has 0 aromatic heterocycles. The summed E-state index contributed by atoms with van der Waals surface area (Å²) in [7, 11) is 0. The lowest BCUT2D eigenvalue weighted by Crippen LogP contribution is -1.92. The largest absolute Gasteiger partial charge is 0.508 e. The first-order valence-corrected chi connectivity index (χ1v) is 4.50. The lowest BCUT2D eigenvalue weighted by atomic mass is 9.98. The monoisotopic (exact) mass is 164 g/mol. The molecule has 0 spiro atoms. The van der Waals surface area contributed by atoms with Gasteiger partial charge in [0, 0.05) is 0 Å². The number of phenols is 1. The molecule has 1 aromatic carbocycles. The van der Waals surface area contributed by atoms with Gasteiger partial charge in [-0.1, -0.05) is 13.8 Å². The summed E-state index contributed by atoms with van der Waals surface area (Å²) in [6.45, 7) is 6.35. The van der Waals surface area contributed by atoms with Gasteiger partial charge >= 0.3 is 0 Å². The van der Waals surface area contributed by atoms with Crippen LogP contribution in [-0.4, -0.2) is 5.11 Å². The van der Waals surface area contributed by atoms with Crippen molar-refractivity contribution in [1.82, 2.24) is 0 Å². The zero-order valence-electron chi connectivity index (χ0n) is 8.02. The van der Waals surface area contributed by atoms with Gasteiger partial charge in [-0.2, -0.15) is 0 Å². The molecule has 0 amide bonds. The summed E-state index contributed by atoms with van der Waals surface area (Å²) in [6.07, 6.45) is 1.99. The molecule has 0 aliphatic heterocycles. The van der Waals surface area contributed by atoms with E-state index < -0.39 is 0 Å². The van der Waals surface area contributed by atoms with E-state index in [0.29, 0.717) is 5.75 Å². The number of hydrogen-bond donors (Lipinski definition) is 1.